The Morgan fingerprint density at radius 1 is 1.42 bits per heavy atom. The quantitative estimate of drug-likeness (QED) is 0.872. The molecule has 0 radical (unpaired) electrons. The molecule has 6 heteroatoms. The smallest absolute Gasteiger partial charge is 0.273 e. The van der Waals surface area contributed by atoms with Crippen LogP contribution in [0.4, 0.5) is 0 Å². The largest absolute Gasteiger partial charge is 0.343 e. The van der Waals surface area contributed by atoms with Crippen LogP contribution in [0, 0.1) is 0 Å². The average Bonchev–Trinajstić information content (AvgIpc) is 2.87. The number of nitrogens with zero attached hydrogens (tertiary/aromatic N) is 3. The molecular formula is C13H20N4O2. The van der Waals surface area contributed by atoms with Crippen molar-refractivity contribution in [2.24, 2.45) is 0 Å². The number of aromatic amines is 1. The van der Waals surface area contributed by atoms with Gasteiger partial charge in [0.2, 0.25) is 5.91 Å². The van der Waals surface area contributed by atoms with Gasteiger partial charge in [-0.25, -0.2) is 0 Å². The summed E-state index contributed by atoms with van der Waals surface area (Å²) >= 11 is 0. The molecule has 1 fully saturated rings. The van der Waals surface area contributed by atoms with E-state index in [4.69, 9.17) is 0 Å². The highest BCUT2D eigenvalue weighted by Crippen LogP contribution is 2.30. The lowest BCUT2D eigenvalue weighted by atomic mass is 9.99. The minimum Gasteiger partial charge on any atom is -0.343 e. The van der Waals surface area contributed by atoms with Crippen LogP contribution < -0.4 is 0 Å². The van der Waals surface area contributed by atoms with Gasteiger partial charge < -0.3 is 9.80 Å². The number of amides is 2. The monoisotopic (exact) mass is 264 g/mol. The van der Waals surface area contributed by atoms with Crippen LogP contribution in [0.3, 0.4) is 0 Å². The highest BCUT2D eigenvalue weighted by Gasteiger charge is 2.28. The van der Waals surface area contributed by atoms with E-state index >= 15 is 0 Å². The second-order valence-electron chi connectivity index (χ2n) is 5.13. The first-order valence-corrected chi connectivity index (χ1v) is 6.55. The van der Waals surface area contributed by atoms with E-state index in [0.717, 1.165) is 31.5 Å². The van der Waals surface area contributed by atoms with Gasteiger partial charge >= 0.3 is 0 Å². The van der Waals surface area contributed by atoms with Gasteiger partial charge in [0.25, 0.3) is 5.91 Å². The predicted octanol–water partition coefficient (Wildman–Crippen LogP) is 1.18. The number of carbonyl (C=O) groups is 2. The number of carbonyl (C=O) groups excluding carboxylic acids is 2. The third-order valence-corrected chi connectivity index (χ3v) is 3.49. The van der Waals surface area contributed by atoms with E-state index in [0.29, 0.717) is 5.69 Å². The maximum absolute atomic E-state index is 11.8. The molecule has 2 amide bonds. The van der Waals surface area contributed by atoms with Crippen molar-refractivity contribution in [3.05, 3.63) is 17.5 Å². The standard InChI is InChI=1S/C13H20N4O2/c1-9(18)17-7-5-4-6-12(17)10-8-11(15-14-10)13(19)16(2)3/h8,12H,4-7H2,1-3H3,(H,14,15)/t12-/m1/s1. The zero-order valence-corrected chi connectivity index (χ0v) is 11.6. The lowest BCUT2D eigenvalue weighted by Crippen LogP contribution is -2.37. The molecule has 2 heterocycles. The Morgan fingerprint density at radius 2 is 2.16 bits per heavy atom. The van der Waals surface area contributed by atoms with Crippen LogP contribution in [0.5, 0.6) is 0 Å². The van der Waals surface area contributed by atoms with E-state index in [1.165, 1.54) is 4.90 Å². The van der Waals surface area contributed by atoms with Gasteiger partial charge in [0.05, 0.1) is 11.7 Å². The van der Waals surface area contributed by atoms with Crippen molar-refractivity contribution in [1.82, 2.24) is 20.0 Å². The van der Waals surface area contributed by atoms with E-state index in [9.17, 15) is 9.59 Å². The maximum atomic E-state index is 11.8. The van der Waals surface area contributed by atoms with Crippen LogP contribution in [-0.4, -0.2) is 52.5 Å². The van der Waals surface area contributed by atoms with Gasteiger partial charge in [-0.1, -0.05) is 0 Å². The summed E-state index contributed by atoms with van der Waals surface area (Å²) in [4.78, 5) is 26.8. The fourth-order valence-corrected chi connectivity index (χ4v) is 2.48. The Bertz CT molecular complexity index is 481. The molecule has 1 atom stereocenters. The minimum atomic E-state index is -0.132. The summed E-state index contributed by atoms with van der Waals surface area (Å²) in [6.45, 7) is 2.36. The summed E-state index contributed by atoms with van der Waals surface area (Å²) in [5.74, 6) is -0.0625. The summed E-state index contributed by atoms with van der Waals surface area (Å²) in [7, 11) is 3.39. The van der Waals surface area contributed by atoms with Crippen LogP contribution in [0.1, 0.15) is 48.4 Å². The Morgan fingerprint density at radius 3 is 2.79 bits per heavy atom. The van der Waals surface area contributed by atoms with Crippen LogP contribution in [0.2, 0.25) is 0 Å². The maximum Gasteiger partial charge on any atom is 0.273 e. The van der Waals surface area contributed by atoms with Gasteiger partial charge in [0, 0.05) is 27.6 Å². The Hall–Kier alpha value is -1.85. The highest BCUT2D eigenvalue weighted by atomic mass is 16.2. The molecule has 1 aromatic rings. The molecule has 1 N–H and O–H groups in total. The molecule has 104 valence electrons. The summed E-state index contributed by atoms with van der Waals surface area (Å²) in [5.41, 5.74) is 1.24. The minimum absolute atomic E-state index is 0.0162. The lowest BCUT2D eigenvalue weighted by molar-refractivity contribution is -0.132. The Kier molecular flexibility index (Phi) is 3.87. The average molecular weight is 264 g/mol. The molecule has 1 saturated heterocycles. The van der Waals surface area contributed by atoms with Gasteiger partial charge in [-0.2, -0.15) is 5.10 Å². The molecule has 0 unspecified atom stereocenters. The van der Waals surface area contributed by atoms with Crippen LogP contribution in [0.25, 0.3) is 0 Å². The van der Waals surface area contributed by atoms with Gasteiger partial charge in [-0.3, -0.25) is 14.7 Å². The molecule has 2 rings (SSSR count). The topological polar surface area (TPSA) is 69.3 Å². The number of aromatic nitrogens is 2. The van der Waals surface area contributed by atoms with E-state index in [2.05, 4.69) is 10.2 Å². The summed E-state index contributed by atoms with van der Waals surface area (Å²) in [6.07, 6.45) is 3.04. The summed E-state index contributed by atoms with van der Waals surface area (Å²) in [6, 6.07) is 1.77. The van der Waals surface area contributed by atoms with Crippen molar-refractivity contribution in [3.63, 3.8) is 0 Å². The molecular weight excluding hydrogens is 244 g/mol. The third-order valence-electron chi connectivity index (χ3n) is 3.49. The number of rotatable bonds is 2. The van der Waals surface area contributed by atoms with Crippen LogP contribution in [-0.2, 0) is 4.79 Å². The number of nitrogens with one attached hydrogen (secondary N) is 1. The van der Waals surface area contributed by atoms with E-state index < -0.39 is 0 Å². The van der Waals surface area contributed by atoms with Gasteiger partial charge in [0.1, 0.15) is 5.69 Å². The first-order chi connectivity index (χ1) is 9.00. The summed E-state index contributed by atoms with van der Waals surface area (Å²) in [5, 5.41) is 6.96. The van der Waals surface area contributed by atoms with Crippen molar-refractivity contribution in [2.45, 2.75) is 32.2 Å². The lowest BCUT2D eigenvalue weighted by Gasteiger charge is -2.34. The first-order valence-electron chi connectivity index (χ1n) is 6.55. The predicted molar refractivity (Wildman–Crippen MR) is 70.6 cm³/mol. The van der Waals surface area contributed by atoms with Crippen molar-refractivity contribution in [3.8, 4) is 0 Å². The molecule has 0 aliphatic carbocycles. The van der Waals surface area contributed by atoms with Crippen molar-refractivity contribution >= 4 is 11.8 Å². The fraction of sp³-hybridized carbons (Fsp3) is 0.615. The highest BCUT2D eigenvalue weighted by molar-refractivity contribution is 5.92. The van der Waals surface area contributed by atoms with Crippen molar-refractivity contribution in [2.75, 3.05) is 20.6 Å². The number of piperidine rings is 1. The van der Waals surface area contributed by atoms with Crippen molar-refractivity contribution in [1.29, 1.82) is 0 Å². The molecule has 0 aromatic carbocycles. The van der Waals surface area contributed by atoms with E-state index in [1.807, 2.05) is 4.90 Å². The Balaban J connectivity index is 2.21. The van der Waals surface area contributed by atoms with E-state index in [-0.39, 0.29) is 17.9 Å². The summed E-state index contributed by atoms with van der Waals surface area (Å²) < 4.78 is 0. The van der Waals surface area contributed by atoms with Crippen LogP contribution in [0.15, 0.2) is 6.07 Å². The van der Waals surface area contributed by atoms with E-state index in [1.54, 1.807) is 27.1 Å². The molecule has 0 saturated carbocycles. The van der Waals surface area contributed by atoms with Gasteiger partial charge in [0.15, 0.2) is 0 Å². The molecule has 0 bridgehead atoms. The molecule has 1 aliphatic heterocycles. The third kappa shape index (κ3) is 2.77. The molecule has 0 spiro atoms. The first kappa shape index (κ1) is 13.6. The number of likely N-dealkylation sites (tertiary alicyclic amines) is 1. The van der Waals surface area contributed by atoms with Gasteiger partial charge in [-0.05, 0) is 25.3 Å². The van der Waals surface area contributed by atoms with Crippen LogP contribution >= 0.6 is 0 Å². The molecule has 6 nitrogen and oxygen atoms in total. The molecule has 1 aliphatic rings. The second-order valence-corrected chi connectivity index (χ2v) is 5.13. The van der Waals surface area contributed by atoms with Gasteiger partial charge in [-0.15, -0.1) is 0 Å². The molecule has 19 heavy (non-hydrogen) atoms. The Labute approximate surface area is 112 Å². The SMILES string of the molecule is CC(=O)N1CCCC[C@@H]1c1cc(C(=O)N(C)C)n[nH]1. The normalized spacial score (nSPS) is 19.3. The molecule has 1 aromatic heterocycles. The zero-order chi connectivity index (χ0) is 14.0. The zero-order valence-electron chi connectivity index (χ0n) is 11.6. The number of hydrogen-bond acceptors (Lipinski definition) is 3. The van der Waals surface area contributed by atoms with Crippen molar-refractivity contribution < 1.29 is 9.59 Å². The second kappa shape index (κ2) is 5.42. The number of H-pyrrole nitrogens is 1. The fourth-order valence-electron chi connectivity index (χ4n) is 2.48. The number of hydrogen-bond donors (Lipinski definition) is 1.